The van der Waals surface area contributed by atoms with Gasteiger partial charge in [-0.3, -0.25) is 9.59 Å². The number of halogens is 1. The Morgan fingerprint density at radius 3 is 2.73 bits per heavy atom. The van der Waals surface area contributed by atoms with Crippen LogP contribution < -0.4 is 10.5 Å². The highest BCUT2D eigenvalue weighted by Gasteiger charge is 2.23. The van der Waals surface area contributed by atoms with Crippen LogP contribution in [0.15, 0.2) is 36.4 Å². The van der Waals surface area contributed by atoms with Gasteiger partial charge in [-0.15, -0.1) is 0 Å². The molecule has 7 heteroatoms. The molecule has 0 aromatic heterocycles. The fourth-order valence-corrected chi connectivity index (χ4v) is 3.13. The van der Waals surface area contributed by atoms with E-state index in [0.717, 1.165) is 11.1 Å². The molecule has 6 nitrogen and oxygen atoms in total. The third kappa shape index (κ3) is 4.08. The lowest BCUT2D eigenvalue weighted by atomic mass is 10.0. The van der Waals surface area contributed by atoms with E-state index in [1.165, 1.54) is 0 Å². The fraction of sp³-hybridized carbons (Fsp3) is 0.263. The summed E-state index contributed by atoms with van der Waals surface area (Å²) in [6.07, 6.45) is 0.0709. The van der Waals surface area contributed by atoms with Crippen LogP contribution in [0.25, 0.3) is 11.1 Å². The van der Waals surface area contributed by atoms with Gasteiger partial charge in [0.05, 0.1) is 6.54 Å². The van der Waals surface area contributed by atoms with E-state index in [1.54, 1.807) is 23.1 Å². The maximum absolute atomic E-state index is 12.3. The Morgan fingerprint density at radius 1 is 1.19 bits per heavy atom. The molecular formula is C19H19ClN2O4. The van der Waals surface area contributed by atoms with Gasteiger partial charge in [-0.2, -0.15) is 0 Å². The molecule has 1 aliphatic heterocycles. The van der Waals surface area contributed by atoms with Gasteiger partial charge in [-0.1, -0.05) is 23.7 Å². The molecule has 0 bridgehead atoms. The zero-order chi connectivity index (χ0) is 18.7. The van der Waals surface area contributed by atoms with Gasteiger partial charge in [0.15, 0.2) is 11.5 Å². The average molecular weight is 375 g/mol. The summed E-state index contributed by atoms with van der Waals surface area (Å²) in [5.41, 5.74) is 7.44. The minimum absolute atomic E-state index is 0.0108. The van der Waals surface area contributed by atoms with Crippen LogP contribution in [0.4, 0.5) is 0 Å². The second-order valence-corrected chi connectivity index (χ2v) is 6.56. The molecule has 2 amide bonds. The zero-order valence-corrected chi connectivity index (χ0v) is 14.8. The number of carbonyl (C=O) groups excluding carboxylic acids is 2. The SMILES string of the molecule is NC(=O)CCC(=O)N1CCOc2c(O)cc(-c3cccc(Cl)c3)cc2C1. The highest BCUT2D eigenvalue weighted by Crippen LogP contribution is 2.38. The minimum Gasteiger partial charge on any atom is -0.504 e. The first-order chi connectivity index (χ1) is 12.4. The fourth-order valence-electron chi connectivity index (χ4n) is 2.93. The Kier molecular flexibility index (Phi) is 5.32. The van der Waals surface area contributed by atoms with Gasteiger partial charge in [-0.25, -0.2) is 0 Å². The summed E-state index contributed by atoms with van der Waals surface area (Å²) in [6.45, 7) is 0.923. The number of rotatable bonds is 4. The number of nitrogens with two attached hydrogens (primary N) is 1. The first kappa shape index (κ1) is 18.1. The van der Waals surface area contributed by atoms with Crippen LogP contribution in [-0.4, -0.2) is 35.0 Å². The standard InChI is InChI=1S/C19H19ClN2O4/c20-15-3-1-2-12(9-15)13-8-14-11-22(18(25)5-4-17(21)24)6-7-26-19(14)16(23)10-13/h1-3,8-10,23H,4-7,11H2,(H2,21,24). The number of fused-ring (bicyclic) bond motifs is 1. The Balaban J connectivity index is 1.90. The molecule has 3 N–H and O–H groups in total. The van der Waals surface area contributed by atoms with Crippen LogP contribution >= 0.6 is 11.6 Å². The van der Waals surface area contributed by atoms with E-state index < -0.39 is 5.91 Å². The quantitative estimate of drug-likeness (QED) is 0.860. The molecule has 1 heterocycles. The molecule has 0 spiro atoms. The summed E-state index contributed by atoms with van der Waals surface area (Å²) >= 11 is 6.05. The molecule has 0 unspecified atom stereocenters. The third-order valence-electron chi connectivity index (χ3n) is 4.21. The van der Waals surface area contributed by atoms with Crippen molar-refractivity contribution in [2.75, 3.05) is 13.2 Å². The van der Waals surface area contributed by atoms with Crippen LogP contribution in [0.1, 0.15) is 18.4 Å². The minimum atomic E-state index is -0.509. The predicted octanol–water partition coefficient (Wildman–Crippen LogP) is 2.70. The number of carbonyl (C=O) groups is 2. The number of phenolic OH excluding ortho intramolecular Hbond substituents is 1. The highest BCUT2D eigenvalue weighted by molar-refractivity contribution is 6.30. The molecule has 1 aliphatic rings. The molecule has 136 valence electrons. The maximum atomic E-state index is 12.3. The largest absolute Gasteiger partial charge is 0.504 e. The molecule has 0 saturated carbocycles. The molecule has 0 radical (unpaired) electrons. The van der Waals surface area contributed by atoms with Gasteiger partial charge in [-0.05, 0) is 35.4 Å². The Labute approximate surface area is 156 Å². The monoisotopic (exact) mass is 374 g/mol. The lowest BCUT2D eigenvalue weighted by Crippen LogP contribution is -2.33. The van der Waals surface area contributed by atoms with Gasteiger partial charge < -0.3 is 20.5 Å². The normalized spacial score (nSPS) is 13.5. The maximum Gasteiger partial charge on any atom is 0.223 e. The number of hydrogen-bond donors (Lipinski definition) is 2. The van der Waals surface area contributed by atoms with Crippen molar-refractivity contribution in [2.45, 2.75) is 19.4 Å². The number of hydrogen-bond acceptors (Lipinski definition) is 4. The molecule has 0 aliphatic carbocycles. The van der Waals surface area contributed by atoms with Crippen molar-refractivity contribution in [2.24, 2.45) is 5.73 Å². The first-order valence-electron chi connectivity index (χ1n) is 8.25. The summed E-state index contributed by atoms with van der Waals surface area (Å²) in [7, 11) is 0. The van der Waals surface area contributed by atoms with Gasteiger partial charge in [0.1, 0.15) is 6.61 Å². The lowest BCUT2D eigenvalue weighted by Gasteiger charge is -2.20. The van der Waals surface area contributed by atoms with E-state index >= 15 is 0 Å². The number of nitrogens with zero attached hydrogens (tertiary/aromatic N) is 1. The van der Waals surface area contributed by atoms with Crippen molar-refractivity contribution in [3.05, 3.63) is 47.0 Å². The molecule has 3 rings (SSSR count). The van der Waals surface area contributed by atoms with E-state index in [9.17, 15) is 14.7 Å². The van der Waals surface area contributed by atoms with Crippen molar-refractivity contribution in [3.8, 4) is 22.6 Å². The number of primary amides is 1. The van der Waals surface area contributed by atoms with Crippen molar-refractivity contribution >= 4 is 23.4 Å². The van der Waals surface area contributed by atoms with Crippen LogP contribution in [-0.2, 0) is 16.1 Å². The Hall–Kier alpha value is -2.73. The van der Waals surface area contributed by atoms with Gasteiger partial charge in [0.25, 0.3) is 0 Å². The molecule has 2 aromatic carbocycles. The topological polar surface area (TPSA) is 92.9 Å². The van der Waals surface area contributed by atoms with E-state index in [2.05, 4.69) is 0 Å². The van der Waals surface area contributed by atoms with E-state index in [0.29, 0.717) is 22.9 Å². The summed E-state index contributed by atoms with van der Waals surface area (Å²) in [5.74, 6) is -0.288. The predicted molar refractivity (Wildman–Crippen MR) is 97.9 cm³/mol. The Morgan fingerprint density at radius 2 is 2.00 bits per heavy atom. The van der Waals surface area contributed by atoms with Crippen molar-refractivity contribution in [1.82, 2.24) is 4.90 Å². The molecule has 0 fully saturated rings. The molecule has 26 heavy (non-hydrogen) atoms. The Bertz CT molecular complexity index is 853. The van der Waals surface area contributed by atoms with Crippen LogP contribution in [0, 0.1) is 0 Å². The van der Waals surface area contributed by atoms with Gasteiger partial charge in [0, 0.05) is 30.0 Å². The second kappa shape index (κ2) is 7.66. The smallest absolute Gasteiger partial charge is 0.223 e. The summed E-state index contributed by atoms with van der Waals surface area (Å²) in [5, 5.41) is 11.0. The number of phenols is 1. The number of ether oxygens (including phenoxy) is 1. The lowest BCUT2D eigenvalue weighted by molar-refractivity contribution is -0.133. The number of aromatic hydroxyl groups is 1. The van der Waals surface area contributed by atoms with E-state index in [-0.39, 0.29) is 37.6 Å². The number of amides is 2. The average Bonchev–Trinajstić information content (AvgIpc) is 2.82. The van der Waals surface area contributed by atoms with Gasteiger partial charge in [0.2, 0.25) is 11.8 Å². The van der Waals surface area contributed by atoms with Crippen molar-refractivity contribution < 1.29 is 19.4 Å². The van der Waals surface area contributed by atoms with Crippen LogP contribution in [0.3, 0.4) is 0 Å². The number of benzene rings is 2. The third-order valence-corrected chi connectivity index (χ3v) is 4.45. The van der Waals surface area contributed by atoms with Crippen LogP contribution in [0.2, 0.25) is 5.02 Å². The van der Waals surface area contributed by atoms with E-state index in [1.807, 2.05) is 18.2 Å². The molecule has 2 aromatic rings. The van der Waals surface area contributed by atoms with E-state index in [4.69, 9.17) is 22.1 Å². The first-order valence-corrected chi connectivity index (χ1v) is 8.62. The zero-order valence-electron chi connectivity index (χ0n) is 14.1. The molecule has 0 saturated heterocycles. The van der Waals surface area contributed by atoms with Crippen molar-refractivity contribution in [3.63, 3.8) is 0 Å². The summed E-state index contributed by atoms with van der Waals surface area (Å²) in [6, 6.07) is 10.8. The van der Waals surface area contributed by atoms with Gasteiger partial charge >= 0.3 is 0 Å². The molecular weight excluding hydrogens is 356 g/mol. The van der Waals surface area contributed by atoms with Crippen LogP contribution in [0.5, 0.6) is 11.5 Å². The summed E-state index contributed by atoms with van der Waals surface area (Å²) < 4.78 is 5.64. The highest BCUT2D eigenvalue weighted by atomic mass is 35.5. The molecule has 0 atom stereocenters. The summed E-state index contributed by atoms with van der Waals surface area (Å²) in [4.78, 5) is 24.8. The second-order valence-electron chi connectivity index (χ2n) is 6.12. The van der Waals surface area contributed by atoms with Crippen molar-refractivity contribution in [1.29, 1.82) is 0 Å².